The van der Waals surface area contributed by atoms with Crippen LogP contribution in [0.25, 0.3) is 0 Å². The number of benzene rings is 1. The second kappa shape index (κ2) is 9.36. The smallest absolute Gasteiger partial charge is 0.219 e. The second-order valence-corrected chi connectivity index (χ2v) is 8.23. The molecule has 0 aliphatic carbocycles. The van der Waals surface area contributed by atoms with Gasteiger partial charge in [-0.3, -0.25) is 4.79 Å². The first-order valence-electron chi connectivity index (χ1n) is 9.68. The number of thiocarbonyl (C=S) groups is 1. The van der Waals surface area contributed by atoms with E-state index in [1.165, 1.54) is 11.1 Å². The fraction of sp³-hybridized carbons (Fsp3) is 0.619. The van der Waals surface area contributed by atoms with E-state index in [1.807, 2.05) is 4.90 Å². The summed E-state index contributed by atoms with van der Waals surface area (Å²) in [6.07, 6.45) is 3.07. The molecule has 144 valence electrons. The van der Waals surface area contributed by atoms with Gasteiger partial charge in [0.05, 0.1) is 0 Å². The van der Waals surface area contributed by atoms with Gasteiger partial charge in [-0.2, -0.15) is 0 Å². The van der Waals surface area contributed by atoms with E-state index in [1.54, 1.807) is 6.92 Å². The number of aryl methyl sites for hydroxylation is 2. The van der Waals surface area contributed by atoms with E-state index >= 15 is 0 Å². The lowest BCUT2D eigenvalue weighted by Gasteiger charge is -2.40. The summed E-state index contributed by atoms with van der Waals surface area (Å²) in [6.45, 7) is 13.0. The molecule has 26 heavy (non-hydrogen) atoms. The van der Waals surface area contributed by atoms with Crippen molar-refractivity contribution in [2.75, 3.05) is 25.0 Å². The molecule has 1 aromatic rings. The van der Waals surface area contributed by atoms with E-state index < -0.39 is 0 Å². The van der Waals surface area contributed by atoms with Crippen LogP contribution in [-0.2, 0) is 4.79 Å². The Morgan fingerprint density at radius 2 is 1.92 bits per heavy atom. The number of amides is 1. The summed E-state index contributed by atoms with van der Waals surface area (Å²) in [6, 6.07) is 6.77. The molecule has 0 bridgehead atoms. The minimum atomic E-state index is 0.174. The third kappa shape index (κ3) is 5.70. The summed E-state index contributed by atoms with van der Waals surface area (Å²) in [5.41, 5.74) is 3.60. The number of hydrogen-bond donors (Lipinski definition) is 1. The molecule has 1 saturated heterocycles. The maximum Gasteiger partial charge on any atom is 0.219 e. The van der Waals surface area contributed by atoms with Crippen molar-refractivity contribution in [1.29, 1.82) is 0 Å². The average molecular weight is 376 g/mol. The van der Waals surface area contributed by atoms with Gasteiger partial charge in [0, 0.05) is 38.3 Å². The fourth-order valence-electron chi connectivity index (χ4n) is 3.35. The van der Waals surface area contributed by atoms with Gasteiger partial charge in [-0.1, -0.05) is 19.9 Å². The molecule has 0 spiro atoms. The third-order valence-corrected chi connectivity index (χ3v) is 5.65. The zero-order chi connectivity index (χ0) is 19.3. The van der Waals surface area contributed by atoms with Crippen LogP contribution in [0.5, 0.6) is 0 Å². The van der Waals surface area contributed by atoms with Crippen LogP contribution in [0.4, 0.5) is 5.69 Å². The van der Waals surface area contributed by atoms with Gasteiger partial charge < -0.3 is 15.1 Å². The number of likely N-dealkylation sites (tertiary alicyclic amines) is 1. The van der Waals surface area contributed by atoms with E-state index in [0.717, 1.165) is 49.7 Å². The molecule has 1 aliphatic heterocycles. The van der Waals surface area contributed by atoms with E-state index in [4.69, 9.17) is 12.2 Å². The second-order valence-electron chi connectivity index (χ2n) is 7.84. The molecule has 1 heterocycles. The Morgan fingerprint density at radius 3 is 2.46 bits per heavy atom. The summed E-state index contributed by atoms with van der Waals surface area (Å²) in [5, 5.41) is 4.24. The SMILES string of the molecule is CC(=O)N1CCC(N(CCC(C)C)C(=S)Nc2ccc(C)c(C)c2)CC1. The highest BCUT2D eigenvalue weighted by molar-refractivity contribution is 7.80. The Bertz CT molecular complexity index is 636. The summed E-state index contributed by atoms with van der Waals surface area (Å²) in [4.78, 5) is 15.9. The normalized spacial score (nSPS) is 15.2. The molecule has 1 aliphatic rings. The van der Waals surface area contributed by atoms with Crippen molar-refractivity contribution in [1.82, 2.24) is 9.80 Å². The molecule has 0 radical (unpaired) electrons. The van der Waals surface area contributed by atoms with Gasteiger partial charge >= 0.3 is 0 Å². The first kappa shape index (κ1) is 20.7. The number of carbonyl (C=O) groups is 1. The van der Waals surface area contributed by atoms with Crippen molar-refractivity contribution in [3.05, 3.63) is 29.3 Å². The van der Waals surface area contributed by atoms with Crippen molar-refractivity contribution in [2.24, 2.45) is 5.92 Å². The quantitative estimate of drug-likeness (QED) is 0.776. The van der Waals surface area contributed by atoms with E-state index in [-0.39, 0.29) is 5.91 Å². The van der Waals surface area contributed by atoms with Crippen molar-refractivity contribution in [2.45, 2.75) is 59.9 Å². The van der Waals surface area contributed by atoms with E-state index in [9.17, 15) is 4.79 Å². The number of nitrogens with zero attached hydrogens (tertiary/aromatic N) is 2. The Hall–Kier alpha value is -1.62. The number of carbonyl (C=O) groups excluding carboxylic acids is 1. The molecular weight excluding hydrogens is 342 g/mol. The monoisotopic (exact) mass is 375 g/mol. The number of nitrogens with one attached hydrogen (secondary N) is 1. The van der Waals surface area contributed by atoms with Gasteiger partial charge in [0.25, 0.3) is 0 Å². The first-order chi connectivity index (χ1) is 12.3. The molecular formula is C21H33N3OS. The van der Waals surface area contributed by atoms with Crippen molar-refractivity contribution in [3.8, 4) is 0 Å². The lowest BCUT2D eigenvalue weighted by Crippen LogP contribution is -2.50. The van der Waals surface area contributed by atoms with Gasteiger partial charge in [-0.25, -0.2) is 0 Å². The molecule has 2 rings (SSSR count). The zero-order valence-corrected chi connectivity index (χ0v) is 17.7. The highest BCUT2D eigenvalue weighted by Crippen LogP contribution is 2.21. The van der Waals surface area contributed by atoms with Crippen LogP contribution < -0.4 is 5.32 Å². The Balaban J connectivity index is 2.06. The molecule has 5 heteroatoms. The lowest BCUT2D eigenvalue weighted by atomic mass is 10.0. The topological polar surface area (TPSA) is 35.6 Å². The van der Waals surface area contributed by atoms with Crippen LogP contribution in [0, 0.1) is 19.8 Å². The molecule has 1 amide bonds. The fourth-order valence-corrected chi connectivity index (χ4v) is 3.71. The van der Waals surface area contributed by atoms with E-state index in [2.05, 4.69) is 56.1 Å². The molecule has 0 aromatic heterocycles. The van der Waals surface area contributed by atoms with Crippen molar-refractivity contribution < 1.29 is 4.79 Å². The van der Waals surface area contributed by atoms with Gasteiger partial charge in [0.15, 0.2) is 5.11 Å². The van der Waals surface area contributed by atoms with Gasteiger partial charge in [-0.15, -0.1) is 0 Å². The number of piperidine rings is 1. The minimum absolute atomic E-state index is 0.174. The van der Waals surface area contributed by atoms with E-state index in [0.29, 0.717) is 12.0 Å². The molecule has 1 aromatic carbocycles. The van der Waals surface area contributed by atoms with Crippen LogP contribution in [0.3, 0.4) is 0 Å². The van der Waals surface area contributed by atoms with Crippen LogP contribution in [-0.4, -0.2) is 46.5 Å². The van der Waals surface area contributed by atoms with Crippen LogP contribution in [0.1, 0.15) is 51.2 Å². The van der Waals surface area contributed by atoms with Gasteiger partial charge in [0.2, 0.25) is 5.91 Å². The first-order valence-corrected chi connectivity index (χ1v) is 10.1. The summed E-state index contributed by atoms with van der Waals surface area (Å²) in [7, 11) is 0. The van der Waals surface area contributed by atoms with Crippen LogP contribution in [0.2, 0.25) is 0 Å². The zero-order valence-electron chi connectivity index (χ0n) is 16.8. The Kier molecular flexibility index (Phi) is 7.44. The predicted octanol–water partition coefficient (Wildman–Crippen LogP) is 4.36. The predicted molar refractivity (Wildman–Crippen MR) is 114 cm³/mol. The minimum Gasteiger partial charge on any atom is -0.346 e. The van der Waals surface area contributed by atoms with Gasteiger partial charge in [0.1, 0.15) is 0 Å². The highest BCUT2D eigenvalue weighted by atomic mass is 32.1. The molecule has 1 N–H and O–H groups in total. The molecule has 4 nitrogen and oxygen atoms in total. The van der Waals surface area contributed by atoms with Crippen molar-refractivity contribution >= 4 is 28.9 Å². The maximum absolute atomic E-state index is 11.6. The Labute approximate surface area is 163 Å². The van der Waals surface area contributed by atoms with Crippen LogP contribution in [0.15, 0.2) is 18.2 Å². The van der Waals surface area contributed by atoms with Crippen molar-refractivity contribution in [3.63, 3.8) is 0 Å². The average Bonchev–Trinajstić information content (AvgIpc) is 2.58. The summed E-state index contributed by atoms with van der Waals surface area (Å²) in [5.74, 6) is 0.812. The summed E-state index contributed by atoms with van der Waals surface area (Å²) < 4.78 is 0. The number of anilines is 1. The molecule has 1 fully saturated rings. The van der Waals surface area contributed by atoms with Crippen LogP contribution >= 0.6 is 12.2 Å². The third-order valence-electron chi connectivity index (χ3n) is 5.32. The lowest BCUT2D eigenvalue weighted by molar-refractivity contribution is -0.130. The Morgan fingerprint density at radius 1 is 1.27 bits per heavy atom. The summed E-state index contributed by atoms with van der Waals surface area (Å²) >= 11 is 5.78. The number of hydrogen-bond acceptors (Lipinski definition) is 2. The maximum atomic E-state index is 11.6. The molecule has 0 saturated carbocycles. The highest BCUT2D eigenvalue weighted by Gasteiger charge is 2.27. The molecule has 0 atom stereocenters. The number of rotatable bonds is 5. The molecule has 0 unspecified atom stereocenters. The largest absolute Gasteiger partial charge is 0.346 e. The van der Waals surface area contributed by atoms with Gasteiger partial charge in [-0.05, 0) is 74.5 Å². The standard InChI is InChI=1S/C21H33N3OS/c1-15(2)8-13-24(20-9-11-23(12-10-20)18(5)25)21(26)22-19-7-6-16(3)17(4)14-19/h6-7,14-15,20H,8-13H2,1-5H3,(H,22,26).